The number of hydrogen-bond donors (Lipinski definition) is 0. The van der Waals surface area contributed by atoms with Gasteiger partial charge in [-0.2, -0.15) is 4.31 Å². The van der Waals surface area contributed by atoms with E-state index in [2.05, 4.69) is 4.98 Å². The fraction of sp³-hybridized carbons (Fsp3) is 0.350. The summed E-state index contributed by atoms with van der Waals surface area (Å²) >= 11 is 1.39. The van der Waals surface area contributed by atoms with Gasteiger partial charge in [0.25, 0.3) is 5.56 Å². The molecule has 164 valence electrons. The highest BCUT2D eigenvalue weighted by Gasteiger charge is 2.28. The van der Waals surface area contributed by atoms with Crippen LogP contribution >= 0.6 is 11.3 Å². The average molecular weight is 465 g/mol. The van der Waals surface area contributed by atoms with E-state index in [4.69, 9.17) is 0 Å². The number of sulfonamides is 1. The molecule has 0 radical (unpaired) electrons. The maximum atomic E-state index is 13.1. The monoisotopic (exact) mass is 464 g/mol. The molecule has 3 heterocycles. The van der Waals surface area contributed by atoms with Crippen molar-refractivity contribution in [2.24, 2.45) is 0 Å². The van der Waals surface area contributed by atoms with Crippen molar-refractivity contribution in [3.63, 3.8) is 0 Å². The van der Waals surface area contributed by atoms with Crippen LogP contribution in [0.3, 0.4) is 0 Å². The Morgan fingerprint density at radius 1 is 1.10 bits per heavy atom. The number of hydrogen-bond acceptors (Lipinski definition) is 6. The first-order chi connectivity index (χ1) is 14.9. The third kappa shape index (κ3) is 4.53. The molecule has 0 spiro atoms. The first-order valence-corrected chi connectivity index (χ1v) is 12.1. The van der Waals surface area contributed by atoms with Crippen LogP contribution in [0.4, 0.5) is 4.39 Å². The second kappa shape index (κ2) is 8.85. The Labute approximate surface area is 182 Å². The topological polar surface area (TPSA) is 92.6 Å². The summed E-state index contributed by atoms with van der Waals surface area (Å²) in [7, 11) is -3.75. The minimum atomic E-state index is -3.75. The van der Waals surface area contributed by atoms with Gasteiger partial charge < -0.3 is 4.90 Å². The SMILES string of the molecule is O=C(CCn1cnc2sccc2c1=O)N1CCCN(S(=O)(=O)c2ccc(F)cc2)CC1. The molecule has 3 aromatic rings. The Morgan fingerprint density at radius 3 is 2.65 bits per heavy atom. The Kier molecular flexibility index (Phi) is 6.17. The van der Waals surface area contributed by atoms with Crippen LogP contribution in [0.2, 0.25) is 0 Å². The van der Waals surface area contributed by atoms with Crippen LogP contribution in [0.15, 0.2) is 51.7 Å². The molecule has 0 saturated carbocycles. The lowest BCUT2D eigenvalue weighted by molar-refractivity contribution is -0.131. The van der Waals surface area contributed by atoms with E-state index < -0.39 is 15.8 Å². The van der Waals surface area contributed by atoms with E-state index in [1.807, 2.05) is 0 Å². The molecular formula is C20H21FN4O4S2. The largest absolute Gasteiger partial charge is 0.341 e. The molecule has 4 rings (SSSR count). The smallest absolute Gasteiger partial charge is 0.262 e. The average Bonchev–Trinajstić information content (AvgIpc) is 3.09. The number of benzene rings is 1. The molecule has 1 amide bonds. The molecule has 1 saturated heterocycles. The van der Waals surface area contributed by atoms with Crippen molar-refractivity contribution in [3.05, 3.63) is 58.2 Å². The number of nitrogens with zero attached hydrogens (tertiary/aromatic N) is 4. The molecular weight excluding hydrogens is 443 g/mol. The van der Waals surface area contributed by atoms with Crippen LogP contribution in [-0.2, 0) is 21.4 Å². The van der Waals surface area contributed by atoms with Crippen molar-refractivity contribution in [2.45, 2.75) is 24.3 Å². The molecule has 31 heavy (non-hydrogen) atoms. The number of rotatable bonds is 5. The van der Waals surface area contributed by atoms with Crippen LogP contribution in [0.25, 0.3) is 10.2 Å². The van der Waals surface area contributed by atoms with E-state index in [-0.39, 0.29) is 49.0 Å². The van der Waals surface area contributed by atoms with Gasteiger partial charge in [-0.3, -0.25) is 14.2 Å². The zero-order chi connectivity index (χ0) is 22.0. The molecule has 1 aliphatic rings. The summed E-state index contributed by atoms with van der Waals surface area (Å²) in [6, 6.07) is 6.44. The molecule has 1 aromatic carbocycles. The highest BCUT2D eigenvalue weighted by atomic mass is 32.2. The van der Waals surface area contributed by atoms with Crippen LogP contribution < -0.4 is 5.56 Å². The van der Waals surface area contributed by atoms with Crippen molar-refractivity contribution in [2.75, 3.05) is 26.2 Å². The van der Waals surface area contributed by atoms with Crippen molar-refractivity contribution >= 4 is 37.5 Å². The molecule has 0 unspecified atom stereocenters. The first kappa shape index (κ1) is 21.6. The van der Waals surface area contributed by atoms with Gasteiger partial charge in [-0.1, -0.05) is 0 Å². The van der Waals surface area contributed by atoms with Crippen LogP contribution in [0, 0.1) is 5.82 Å². The predicted molar refractivity (Wildman–Crippen MR) is 115 cm³/mol. The molecule has 0 atom stereocenters. The lowest BCUT2D eigenvalue weighted by Gasteiger charge is -2.22. The number of carbonyl (C=O) groups is 1. The standard InChI is InChI=1S/C20H21FN4O4S2/c21-15-2-4-16(5-3-15)31(28,29)25-9-1-8-23(11-12-25)18(26)6-10-24-14-22-19-17(20(24)27)7-13-30-19/h2-5,7,13-14H,1,6,8-12H2. The van der Waals surface area contributed by atoms with Gasteiger partial charge in [0.2, 0.25) is 15.9 Å². The van der Waals surface area contributed by atoms with Crippen LogP contribution in [-0.4, -0.2) is 59.3 Å². The maximum Gasteiger partial charge on any atom is 0.262 e. The number of halogens is 1. The van der Waals surface area contributed by atoms with Gasteiger partial charge >= 0.3 is 0 Å². The van der Waals surface area contributed by atoms with Crippen molar-refractivity contribution in [3.8, 4) is 0 Å². The van der Waals surface area contributed by atoms with Gasteiger partial charge in [-0.05, 0) is 42.1 Å². The van der Waals surface area contributed by atoms with E-state index in [1.54, 1.807) is 16.3 Å². The third-order valence-electron chi connectivity index (χ3n) is 5.28. The van der Waals surface area contributed by atoms with Gasteiger partial charge in [-0.25, -0.2) is 17.8 Å². The quantitative estimate of drug-likeness (QED) is 0.575. The number of amides is 1. The van der Waals surface area contributed by atoms with Crippen LogP contribution in [0.5, 0.6) is 0 Å². The summed E-state index contributed by atoms with van der Waals surface area (Å²) in [5.74, 6) is -0.641. The number of aryl methyl sites for hydroxylation is 1. The fourth-order valence-corrected chi connectivity index (χ4v) is 5.76. The summed E-state index contributed by atoms with van der Waals surface area (Å²) in [6.07, 6.45) is 2.07. The van der Waals surface area contributed by atoms with E-state index in [0.717, 1.165) is 12.1 Å². The maximum absolute atomic E-state index is 13.1. The van der Waals surface area contributed by atoms with Gasteiger partial charge in [-0.15, -0.1) is 11.3 Å². The lowest BCUT2D eigenvalue weighted by Crippen LogP contribution is -2.37. The fourth-order valence-electron chi connectivity index (χ4n) is 3.57. The van der Waals surface area contributed by atoms with Crippen molar-refractivity contribution in [1.29, 1.82) is 0 Å². The second-order valence-corrected chi connectivity index (χ2v) is 10.1. The molecule has 2 aromatic heterocycles. The molecule has 1 fully saturated rings. The number of fused-ring (bicyclic) bond motifs is 1. The minimum Gasteiger partial charge on any atom is -0.341 e. The lowest BCUT2D eigenvalue weighted by atomic mass is 10.3. The van der Waals surface area contributed by atoms with Crippen molar-refractivity contribution < 1.29 is 17.6 Å². The van der Waals surface area contributed by atoms with Crippen molar-refractivity contribution in [1.82, 2.24) is 18.8 Å². The van der Waals surface area contributed by atoms with Gasteiger partial charge in [0.1, 0.15) is 10.6 Å². The highest BCUT2D eigenvalue weighted by Crippen LogP contribution is 2.19. The summed E-state index contributed by atoms with van der Waals surface area (Å²) in [6.45, 7) is 1.35. The molecule has 8 nitrogen and oxygen atoms in total. The third-order valence-corrected chi connectivity index (χ3v) is 8.01. The van der Waals surface area contributed by atoms with Crippen LogP contribution in [0.1, 0.15) is 12.8 Å². The van der Waals surface area contributed by atoms with Gasteiger partial charge in [0, 0.05) is 39.1 Å². The highest BCUT2D eigenvalue weighted by molar-refractivity contribution is 7.89. The molecule has 0 aliphatic carbocycles. The Morgan fingerprint density at radius 2 is 1.87 bits per heavy atom. The number of carbonyl (C=O) groups excluding carboxylic acids is 1. The first-order valence-electron chi connectivity index (χ1n) is 9.82. The van der Waals surface area contributed by atoms with E-state index >= 15 is 0 Å². The summed E-state index contributed by atoms with van der Waals surface area (Å²) in [5.41, 5.74) is -0.175. The van der Waals surface area contributed by atoms with E-state index in [9.17, 15) is 22.4 Å². The second-order valence-electron chi connectivity index (χ2n) is 7.22. The van der Waals surface area contributed by atoms with E-state index in [1.165, 1.54) is 38.7 Å². The molecule has 1 aliphatic heterocycles. The molecule has 0 N–H and O–H groups in total. The zero-order valence-electron chi connectivity index (χ0n) is 16.6. The minimum absolute atomic E-state index is 0.0318. The Balaban J connectivity index is 1.38. The summed E-state index contributed by atoms with van der Waals surface area (Å²) < 4.78 is 41.5. The normalized spacial score (nSPS) is 15.8. The predicted octanol–water partition coefficient (Wildman–Crippen LogP) is 1.91. The summed E-state index contributed by atoms with van der Waals surface area (Å²) in [5, 5.41) is 2.34. The Bertz CT molecular complexity index is 1250. The van der Waals surface area contributed by atoms with Gasteiger partial charge in [0.15, 0.2) is 0 Å². The van der Waals surface area contributed by atoms with E-state index in [0.29, 0.717) is 23.2 Å². The zero-order valence-corrected chi connectivity index (χ0v) is 18.2. The number of aromatic nitrogens is 2. The molecule has 0 bridgehead atoms. The molecule has 11 heteroatoms. The Hall–Kier alpha value is -2.63. The van der Waals surface area contributed by atoms with Gasteiger partial charge in [0.05, 0.1) is 16.6 Å². The summed E-state index contributed by atoms with van der Waals surface area (Å²) in [4.78, 5) is 31.7. The number of thiophene rings is 1.